The van der Waals surface area contributed by atoms with Crippen LogP contribution in [0.5, 0.6) is 5.75 Å². The first-order chi connectivity index (χ1) is 9.43. The first-order valence-electron chi connectivity index (χ1n) is 5.51. The lowest BCUT2D eigenvalue weighted by Gasteiger charge is -2.13. The van der Waals surface area contributed by atoms with E-state index in [4.69, 9.17) is 9.84 Å². The van der Waals surface area contributed by atoms with Crippen LogP contribution in [0.4, 0.5) is 4.79 Å². The molecule has 0 aromatic heterocycles. The Balaban J connectivity index is 2.29. The standard InChI is InChI=1S/C12H10N2O6/c1-20-8-3-2-6(4-7(8)11(17)18)5-14-10(16)9(15)13-12(14)19/h2-4H,5H2,1H3,(H,17,18)(H,13,15,19). The van der Waals surface area contributed by atoms with Gasteiger partial charge < -0.3 is 9.84 Å². The van der Waals surface area contributed by atoms with E-state index in [1.807, 2.05) is 5.32 Å². The molecule has 2 rings (SSSR count). The monoisotopic (exact) mass is 278 g/mol. The van der Waals surface area contributed by atoms with Crippen molar-refractivity contribution in [2.24, 2.45) is 0 Å². The van der Waals surface area contributed by atoms with E-state index in [1.165, 1.54) is 25.3 Å². The number of hydrogen-bond donors (Lipinski definition) is 2. The number of carboxylic acids is 1. The fraction of sp³-hybridized carbons (Fsp3) is 0.167. The van der Waals surface area contributed by atoms with Gasteiger partial charge in [0, 0.05) is 0 Å². The maximum absolute atomic E-state index is 11.4. The van der Waals surface area contributed by atoms with Gasteiger partial charge in [0.1, 0.15) is 11.3 Å². The van der Waals surface area contributed by atoms with E-state index < -0.39 is 23.8 Å². The minimum absolute atomic E-state index is 0.0941. The summed E-state index contributed by atoms with van der Waals surface area (Å²) in [6.07, 6.45) is 0. The van der Waals surface area contributed by atoms with Crippen molar-refractivity contribution in [1.29, 1.82) is 0 Å². The highest BCUT2D eigenvalue weighted by atomic mass is 16.5. The van der Waals surface area contributed by atoms with Gasteiger partial charge in [0.15, 0.2) is 0 Å². The Morgan fingerprint density at radius 2 is 2.05 bits per heavy atom. The summed E-state index contributed by atoms with van der Waals surface area (Å²) in [5.41, 5.74) is 0.296. The first-order valence-corrected chi connectivity index (χ1v) is 5.51. The van der Waals surface area contributed by atoms with Crippen molar-refractivity contribution in [3.8, 4) is 5.75 Å². The molecule has 1 aromatic rings. The zero-order valence-electron chi connectivity index (χ0n) is 10.4. The van der Waals surface area contributed by atoms with Crippen LogP contribution in [0.15, 0.2) is 18.2 Å². The van der Waals surface area contributed by atoms with E-state index in [0.29, 0.717) is 10.5 Å². The molecule has 0 radical (unpaired) electrons. The van der Waals surface area contributed by atoms with Gasteiger partial charge in [-0.2, -0.15) is 0 Å². The van der Waals surface area contributed by atoms with Crippen LogP contribution in [0.3, 0.4) is 0 Å². The van der Waals surface area contributed by atoms with Crippen molar-refractivity contribution in [3.05, 3.63) is 29.3 Å². The topological polar surface area (TPSA) is 113 Å². The molecule has 8 heteroatoms. The third-order valence-electron chi connectivity index (χ3n) is 2.74. The molecule has 0 atom stereocenters. The van der Waals surface area contributed by atoms with Crippen LogP contribution < -0.4 is 10.1 Å². The molecule has 104 valence electrons. The summed E-state index contributed by atoms with van der Waals surface area (Å²) in [7, 11) is 1.33. The molecule has 0 spiro atoms. The summed E-state index contributed by atoms with van der Waals surface area (Å²) in [4.78, 5) is 45.6. The second-order valence-electron chi connectivity index (χ2n) is 3.99. The van der Waals surface area contributed by atoms with Crippen molar-refractivity contribution in [2.45, 2.75) is 6.54 Å². The summed E-state index contributed by atoms with van der Waals surface area (Å²) < 4.78 is 4.90. The van der Waals surface area contributed by atoms with Gasteiger partial charge in [-0.15, -0.1) is 0 Å². The largest absolute Gasteiger partial charge is 0.496 e. The first kappa shape index (κ1) is 13.5. The van der Waals surface area contributed by atoms with Crippen LogP contribution in [0.2, 0.25) is 0 Å². The zero-order valence-corrected chi connectivity index (χ0v) is 10.4. The number of imide groups is 2. The van der Waals surface area contributed by atoms with Crippen LogP contribution in [0, 0.1) is 0 Å². The second-order valence-corrected chi connectivity index (χ2v) is 3.99. The van der Waals surface area contributed by atoms with Gasteiger partial charge in [-0.3, -0.25) is 19.8 Å². The molecule has 0 unspecified atom stereocenters. The Hall–Kier alpha value is -2.90. The van der Waals surface area contributed by atoms with Gasteiger partial charge in [-0.05, 0) is 17.7 Å². The normalized spacial score (nSPS) is 14.4. The number of nitrogens with one attached hydrogen (secondary N) is 1. The Morgan fingerprint density at radius 3 is 2.55 bits per heavy atom. The van der Waals surface area contributed by atoms with Gasteiger partial charge in [0.05, 0.1) is 13.7 Å². The van der Waals surface area contributed by atoms with E-state index in [2.05, 4.69) is 0 Å². The van der Waals surface area contributed by atoms with Crippen LogP contribution >= 0.6 is 0 Å². The number of aromatic carboxylic acids is 1. The Kier molecular flexibility index (Phi) is 3.38. The van der Waals surface area contributed by atoms with Crippen molar-refractivity contribution in [1.82, 2.24) is 10.2 Å². The molecule has 1 saturated heterocycles. The Labute approximate surface area is 112 Å². The minimum Gasteiger partial charge on any atom is -0.496 e. The number of carboxylic acid groups (broad SMARTS) is 1. The second kappa shape index (κ2) is 5.00. The number of methoxy groups -OCH3 is 1. The van der Waals surface area contributed by atoms with E-state index >= 15 is 0 Å². The minimum atomic E-state index is -1.20. The van der Waals surface area contributed by atoms with Crippen LogP contribution in [-0.4, -0.2) is 40.9 Å². The summed E-state index contributed by atoms with van der Waals surface area (Å²) in [5.74, 6) is -3.00. The highest BCUT2D eigenvalue weighted by Gasteiger charge is 2.36. The Morgan fingerprint density at radius 1 is 1.35 bits per heavy atom. The third-order valence-corrected chi connectivity index (χ3v) is 2.74. The van der Waals surface area contributed by atoms with Gasteiger partial charge >= 0.3 is 23.8 Å². The molecule has 1 fully saturated rings. The van der Waals surface area contributed by atoms with Crippen LogP contribution in [-0.2, 0) is 16.1 Å². The number of nitrogens with zero attached hydrogens (tertiary/aromatic N) is 1. The maximum atomic E-state index is 11.4. The fourth-order valence-electron chi connectivity index (χ4n) is 1.78. The number of urea groups is 1. The smallest absolute Gasteiger partial charge is 0.339 e. The third kappa shape index (κ3) is 2.30. The number of ether oxygens (including phenoxy) is 1. The number of rotatable bonds is 4. The molecule has 1 aromatic carbocycles. The lowest BCUT2D eigenvalue weighted by molar-refractivity contribution is -0.140. The van der Waals surface area contributed by atoms with Gasteiger partial charge in [-0.25, -0.2) is 9.59 Å². The molecule has 2 N–H and O–H groups in total. The van der Waals surface area contributed by atoms with E-state index in [9.17, 15) is 19.2 Å². The highest BCUT2D eigenvalue weighted by molar-refractivity contribution is 6.44. The summed E-state index contributed by atoms with van der Waals surface area (Å²) >= 11 is 0. The molecule has 0 aliphatic carbocycles. The quantitative estimate of drug-likeness (QED) is 0.590. The van der Waals surface area contributed by atoms with Crippen molar-refractivity contribution in [2.75, 3.05) is 7.11 Å². The average Bonchev–Trinajstić information content (AvgIpc) is 2.65. The number of carbonyl (C=O) groups is 4. The molecule has 1 heterocycles. The molecular weight excluding hydrogens is 268 g/mol. The fourth-order valence-corrected chi connectivity index (χ4v) is 1.78. The summed E-state index contributed by atoms with van der Waals surface area (Å²) in [6, 6.07) is 3.38. The van der Waals surface area contributed by atoms with E-state index in [-0.39, 0.29) is 17.9 Å². The number of benzene rings is 1. The summed E-state index contributed by atoms with van der Waals surface area (Å²) in [5, 5.41) is 10.9. The molecule has 0 bridgehead atoms. The molecule has 20 heavy (non-hydrogen) atoms. The highest BCUT2D eigenvalue weighted by Crippen LogP contribution is 2.21. The lowest BCUT2D eigenvalue weighted by atomic mass is 10.1. The predicted octanol–water partition coefficient (Wildman–Crippen LogP) is -0.0282. The van der Waals surface area contributed by atoms with Crippen LogP contribution in [0.25, 0.3) is 0 Å². The molecular formula is C12H10N2O6. The van der Waals surface area contributed by atoms with Gasteiger partial charge in [0.2, 0.25) is 0 Å². The number of amides is 4. The molecule has 0 saturated carbocycles. The van der Waals surface area contributed by atoms with Crippen molar-refractivity contribution >= 4 is 23.8 Å². The molecule has 1 aliphatic rings. The molecule has 1 aliphatic heterocycles. The SMILES string of the molecule is COc1ccc(CN2C(=O)NC(=O)C2=O)cc1C(=O)O. The van der Waals surface area contributed by atoms with E-state index in [1.54, 1.807) is 0 Å². The number of hydrogen-bond acceptors (Lipinski definition) is 5. The van der Waals surface area contributed by atoms with Crippen molar-refractivity contribution < 1.29 is 29.0 Å². The average molecular weight is 278 g/mol. The van der Waals surface area contributed by atoms with Crippen LogP contribution in [0.1, 0.15) is 15.9 Å². The lowest BCUT2D eigenvalue weighted by Crippen LogP contribution is -2.30. The molecule has 8 nitrogen and oxygen atoms in total. The zero-order chi connectivity index (χ0) is 14.9. The maximum Gasteiger partial charge on any atom is 0.339 e. The van der Waals surface area contributed by atoms with Gasteiger partial charge in [0.25, 0.3) is 0 Å². The van der Waals surface area contributed by atoms with E-state index in [0.717, 1.165) is 0 Å². The molecule has 4 amide bonds. The van der Waals surface area contributed by atoms with Gasteiger partial charge in [-0.1, -0.05) is 6.07 Å². The summed E-state index contributed by atoms with van der Waals surface area (Å²) in [6.45, 7) is -0.194. The predicted molar refractivity (Wildman–Crippen MR) is 64.0 cm³/mol. The number of carbonyl (C=O) groups excluding carboxylic acids is 3. The Bertz CT molecular complexity index is 624. The van der Waals surface area contributed by atoms with Crippen molar-refractivity contribution in [3.63, 3.8) is 0 Å².